The Morgan fingerprint density at radius 1 is 0.525 bits per heavy atom. The van der Waals surface area contributed by atoms with E-state index in [2.05, 4.69) is 66.5 Å². The fourth-order valence-electron chi connectivity index (χ4n) is 3.90. The molecular weight excluding hydrogens is 488 g/mol. The first-order chi connectivity index (χ1) is 19.2. The van der Waals surface area contributed by atoms with Gasteiger partial charge in [-0.25, -0.2) is 0 Å². The summed E-state index contributed by atoms with van der Waals surface area (Å²) in [6.45, 7) is 15.4. The van der Waals surface area contributed by atoms with Gasteiger partial charge in [0.05, 0.1) is 0 Å². The van der Waals surface area contributed by atoms with Gasteiger partial charge in [0.15, 0.2) is 0 Å². The number of nitrogens with zero attached hydrogens (tertiary/aromatic N) is 4. The molecule has 0 aliphatic carbocycles. The Morgan fingerprint density at radius 2 is 1.18 bits per heavy atom. The number of allylic oxidation sites excluding steroid dienone is 9. The van der Waals surface area contributed by atoms with Crippen molar-refractivity contribution in [3.05, 3.63) is 170 Å². The largest absolute Gasteiger partial charge is 0.357 e. The number of fused-ring (bicyclic) bond motifs is 2. The van der Waals surface area contributed by atoms with E-state index >= 15 is 0 Å². The van der Waals surface area contributed by atoms with E-state index in [9.17, 15) is 0 Å². The molecule has 0 bridgehead atoms. The molecule has 0 saturated heterocycles. The van der Waals surface area contributed by atoms with Crippen molar-refractivity contribution >= 4 is 23.0 Å². The number of benzene rings is 2. The van der Waals surface area contributed by atoms with Crippen molar-refractivity contribution in [3.8, 4) is 0 Å². The SMILES string of the molecule is C=C1C=CC=CN1C.C=C1C=CN(C)C=C1.C=C1C=CN(C)c2ccccc21.C=C1C=Cc2ccccc2N1C. The van der Waals surface area contributed by atoms with Crippen LogP contribution in [0.4, 0.5) is 11.4 Å². The second-order valence-corrected chi connectivity index (χ2v) is 9.59. The lowest BCUT2D eigenvalue weighted by Crippen LogP contribution is -2.17. The van der Waals surface area contributed by atoms with Gasteiger partial charge in [-0.15, -0.1) is 0 Å². The Labute approximate surface area is 240 Å². The van der Waals surface area contributed by atoms with Gasteiger partial charge in [-0.05, 0) is 65.3 Å². The Morgan fingerprint density at radius 3 is 1.77 bits per heavy atom. The minimum atomic E-state index is 1.03. The molecule has 2 aromatic carbocycles. The molecule has 2 aromatic rings. The van der Waals surface area contributed by atoms with Crippen LogP contribution in [0.15, 0.2) is 159 Å². The van der Waals surface area contributed by atoms with Crippen LogP contribution in [0.5, 0.6) is 0 Å². The highest BCUT2D eigenvalue weighted by atomic mass is 15.1. The lowest BCUT2D eigenvalue weighted by molar-refractivity contribution is 0.587. The first-order valence-corrected chi connectivity index (χ1v) is 13.1. The third kappa shape index (κ3) is 8.27. The molecule has 0 saturated carbocycles. The van der Waals surface area contributed by atoms with Gasteiger partial charge in [0, 0.05) is 81.3 Å². The fraction of sp³-hybridized carbons (Fsp3) is 0.111. The maximum Gasteiger partial charge on any atom is 0.0482 e. The van der Waals surface area contributed by atoms with Crippen molar-refractivity contribution in [2.75, 3.05) is 38.0 Å². The van der Waals surface area contributed by atoms with Crippen molar-refractivity contribution in [1.29, 1.82) is 0 Å². The molecule has 0 unspecified atom stereocenters. The molecule has 0 amide bonds. The highest BCUT2D eigenvalue weighted by molar-refractivity contribution is 5.84. The average molecular weight is 529 g/mol. The molecule has 6 rings (SSSR count). The summed E-state index contributed by atoms with van der Waals surface area (Å²) >= 11 is 0. The van der Waals surface area contributed by atoms with E-state index in [4.69, 9.17) is 0 Å². The summed E-state index contributed by atoms with van der Waals surface area (Å²) < 4.78 is 0. The van der Waals surface area contributed by atoms with Crippen LogP contribution in [0, 0.1) is 0 Å². The number of hydrogen-bond acceptors (Lipinski definition) is 4. The Kier molecular flexibility index (Phi) is 10.6. The van der Waals surface area contributed by atoms with Gasteiger partial charge < -0.3 is 19.6 Å². The number of hydrogen-bond donors (Lipinski definition) is 0. The van der Waals surface area contributed by atoms with Gasteiger partial charge >= 0.3 is 0 Å². The standard InChI is InChI=1S/2C11H11N.2C7H9N/c1-9-7-8-12(2)11-6-4-3-5-10(9)11;1-9-7-8-10-5-3-4-6-11(10)12(9)2;1-7-3-5-8(2)6-4-7;1-7-5-3-4-6-8(7)2/h2*3-8H,1H2,2H3;2*3-6H,1H2,2H3. The monoisotopic (exact) mass is 528 g/mol. The zero-order chi connectivity index (χ0) is 29.1. The van der Waals surface area contributed by atoms with Gasteiger partial charge in [-0.3, -0.25) is 0 Å². The molecular formula is C36H40N4. The third-order valence-corrected chi connectivity index (χ3v) is 6.52. The fourth-order valence-corrected chi connectivity index (χ4v) is 3.90. The predicted octanol–water partition coefficient (Wildman–Crippen LogP) is 8.36. The summed E-state index contributed by atoms with van der Waals surface area (Å²) in [5.41, 5.74) is 9.15. The molecule has 0 aromatic heterocycles. The summed E-state index contributed by atoms with van der Waals surface area (Å²) in [4.78, 5) is 8.15. The maximum absolute atomic E-state index is 3.98. The Hall–Kier alpha value is -4.96. The van der Waals surface area contributed by atoms with Crippen LogP contribution in [0.2, 0.25) is 0 Å². The first-order valence-electron chi connectivity index (χ1n) is 13.1. The van der Waals surface area contributed by atoms with Crippen molar-refractivity contribution in [2.45, 2.75) is 0 Å². The minimum absolute atomic E-state index is 1.03. The van der Waals surface area contributed by atoms with E-state index in [1.165, 1.54) is 22.5 Å². The van der Waals surface area contributed by atoms with Crippen LogP contribution >= 0.6 is 0 Å². The quantitative estimate of drug-likeness (QED) is 0.341. The second kappa shape index (κ2) is 14.3. The summed E-state index contributed by atoms with van der Waals surface area (Å²) in [5, 5.41) is 0. The van der Waals surface area contributed by atoms with Crippen LogP contribution < -0.4 is 9.80 Å². The molecule has 204 valence electrons. The number of likely N-dealkylation sites (N-methyl/N-ethyl adjacent to an activating group) is 2. The van der Waals surface area contributed by atoms with Crippen LogP contribution in [0.25, 0.3) is 11.6 Å². The molecule has 4 heterocycles. The minimum Gasteiger partial charge on any atom is -0.357 e. The van der Waals surface area contributed by atoms with E-state index in [1.807, 2.05) is 130 Å². The van der Waals surface area contributed by atoms with E-state index in [0.29, 0.717) is 0 Å². The number of rotatable bonds is 0. The van der Waals surface area contributed by atoms with Crippen molar-refractivity contribution in [1.82, 2.24) is 9.80 Å². The molecule has 40 heavy (non-hydrogen) atoms. The van der Waals surface area contributed by atoms with Crippen molar-refractivity contribution < 1.29 is 0 Å². The Balaban J connectivity index is 0.000000150. The zero-order valence-corrected chi connectivity index (χ0v) is 24.2. The molecule has 0 atom stereocenters. The summed E-state index contributed by atoms with van der Waals surface area (Å²) in [6.07, 6.45) is 24.0. The average Bonchev–Trinajstić information content (AvgIpc) is 2.97. The molecule has 0 N–H and O–H groups in total. The van der Waals surface area contributed by atoms with E-state index in [1.54, 1.807) is 0 Å². The summed E-state index contributed by atoms with van der Waals surface area (Å²) in [6, 6.07) is 16.6. The van der Waals surface area contributed by atoms with Gasteiger partial charge in [-0.1, -0.05) is 74.9 Å². The summed E-state index contributed by atoms with van der Waals surface area (Å²) in [5.74, 6) is 0. The molecule has 0 radical (unpaired) electrons. The third-order valence-electron chi connectivity index (χ3n) is 6.52. The van der Waals surface area contributed by atoms with E-state index < -0.39 is 0 Å². The smallest absolute Gasteiger partial charge is 0.0482 e. The lowest BCUT2D eigenvalue weighted by Gasteiger charge is -2.25. The second-order valence-electron chi connectivity index (χ2n) is 9.59. The lowest BCUT2D eigenvalue weighted by atomic mass is 10.0. The summed E-state index contributed by atoms with van der Waals surface area (Å²) in [7, 11) is 8.04. The van der Waals surface area contributed by atoms with Gasteiger partial charge in [0.25, 0.3) is 0 Å². The van der Waals surface area contributed by atoms with Crippen LogP contribution in [-0.4, -0.2) is 38.0 Å². The normalized spacial score (nSPS) is 15.9. The van der Waals surface area contributed by atoms with Crippen LogP contribution in [-0.2, 0) is 0 Å². The molecule has 4 aliphatic heterocycles. The van der Waals surface area contributed by atoms with E-state index in [0.717, 1.165) is 22.5 Å². The Bertz CT molecular complexity index is 1410. The van der Waals surface area contributed by atoms with Crippen LogP contribution in [0.3, 0.4) is 0 Å². The molecule has 4 aliphatic rings. The van der Waals surface area contributed by atoms with Gasteiger partial charge in [-0.2, -0.15) is 0 Å². The van der Waals surface area contributed by atoms with Gasteiger partial charge in [0.2, 0.25) is 0 Å². The maximum atomic E-state index is 3.98. The van der Waals surface area contributed by atoms with E-state index in [-0.39, 0.29) is 0 Å². The highest BCUT2D eigenvalue weighted by Gasteiger charge is 2.10. The first kappa shape index (κ1) is 29.6. The number of para-hydroxylation sites is 2. The molecule has 0 fully saturated rings. The molecule has 4 nitrogen and oxygen atoms in total. The van der Waals surface area contributed by atoms with Gasteiger partial charge in [0.1, 0.15) is 0 Å². The van der Waals surface area contributed by atoms with Crippen LogP contribution in [0.1, 0.15) is 11.1 Å². The molecule has 0 spiro atoms. The van der Waals surface area contributed by atoms with Crippen molar-refractivity contribution in [3.63, 3.8) is 0 Å². The zero-order valence-electron chi connectivity index (χ0n) is 24.2. The molecule has 4 heteroatoms. The topological polar surface area (TPSA) is 13.0 Å². The number of anilines is 2. The highest BCUT2D eigenvalue weighted by Crippen LogP contribution is 2.30. The van der Waals surface area contributed by atoms with Crippen molar-refractivity contribution in [2.24, 2.45) is 0 Å². The predicted molar refractivity (Wildman–Crippen MR) is 176 cm³/mol.